The van der Waals surface area contributed by atoms with Crippen molar-refractivity contribution in [2.45, 2.75) is 6.54 Å². The molecule has 1 aromatic rings. The predicted molar refractivity (Wildman–Crippen MR) is 45.4 cm³/mol. The minimum atomic E-state index is -0.920. The Bertz CT molecular complexity index is 313. The normalized spacial score (nSPS) is 10.8. The smallest absolute Gasteiger partial charge is 0.168 e. The Kier molecular flexibility index (Phi) is 2.83. The van der Waals surface area contributed by atoms with Crippen LogP contribution in [0.15, 0.2) is 12.1 Å². The van der Waals surface area contributed by atoms with E-state index < -0.39 is 17.4 Å². The van der Waals surface area contributed by atoms with E-state index in [9.17, 15) is 13.9 Å². The van der Waals surface area contributed by atoms with Crippen molar-refractivity contribution in [1.82, 2.24) is 4.90 Å². The van der Waals surface area contributed by atoms with E-state index in [1.807, 2.05) is 0 Å². The van der Waals surface area contributed by atoms with Crippen LogP contribution in [-0.2, 0) is 6.54 Å². The van der Waals surface area contributed by atoms with E-state index in [4.69, 9.17) is 0 Å². The first-order valence-corrected chi connectivity index (χ1v) is 3.82. The van der Waals surface area contributed by atoms with Crippen LogP contribution in [-0.4, -0.2) is 24.1 Å². The molecule has 0 aromatic heterocycles. The number of hydrogen-bond acceptors (Lipinski definition) is 2. The van der Waals surface area contributed by atoms with Gasteiger partial charge in [0, 0.05) is 18.2 Å². The molecule has 0 radical (unpaired) electrons. The van der Waals surface area contributed by atoms with Gasteiger partial charge in [-0.15, -0.1) is 0 Å². The van der Waals surface area contributed by atoms with E-state index in [0.717, 1.165) is 6.07 Å². The first-order chi connectivity index (χ1) is 6.00. The molecule has 1 rings (SSSR count). The van der Waals surface area contributed by atoms with Crippen LogP contribution in [0.4, 0.5) is 8.78 Å². The van der Waals surface area contributed by atoms with Gasteiger partial charge >= 0.3 is 0 Å². The summed E-state index contributed by atoms with van der Waals surface area (Å²) < 4.78 is 25.5. The zero-order valence-electron chi connectivity index (χ0n) is 7.51. The van der Waals surface area contributed by atoms with Gasteiger partial charge in [0.25, 0.3) is 0 Å². The highest BCUT2D eigenvalue weighted by molar-refractivity contribution is 5.34. The molecule has 1 aromatic carbocycles. The highest BCUT2D eigenvalue weighted by Gasteiger charge is 2.10. The van der Waals surface area contributed by atoms with Gasteiger partial charge in [0.05, 0.1) is 0 Å². The van der Waals surface area contributed by atoms with Crippen molar-refractivity contribution in [2.75, 3.05) is 14.1 Å². The van der Waals surface area contributed by atoms with Gasteiger partial charge < -0.3 is 10.0 Å². The van der Waals surface area contributed by atoms with Gasteiger partial charge in [0.1, 0.15) is 5.82 Å². The molecule has 0 aliphatic rings. The van der Waals surface area contributed by atoms with Crippen LogP contribution in [0.5, 0.6) is 5.75 Å². The summed E-state index contributed by atoms with van der Waals surface area (Å²) in [6, 6.07) is 1.78. The number of phenolic OH excluding ortho intramolecular Hbond substituents is 1. The summed E-state index contributed by atoms with van der Waals surface area (Å²) in [5.41, 5.74) is 0.252. The molecule has 13 heavy (non-hydrogen) atoms. The first-order valence-electron chi connectivity index (χ1n) is 3.82. The molecule has 0 spiro atoms. The minimum Gasteiger partial charge on any atom is -0.505 e. The highest BCUT2D eigenvalue weighted by Crippen LogP contribution is 2.23. The largest absolute Gasteiger partial charge is 0.505 e. The van der Waals surface area contributed by atoms with Crippen molar-refractivity contribution < 1.29 is 13.9 Å². The van der Waals surface area contributed by atoms with Crippen molar-refractivity contribution in [3.63, 3.8) is 0 Å². The number of rotatable bonds is 2. The second-order valence-electron chi connectivity index (χ2n) is 3.13. The molecule has 0 bridgehead atoms. The van der Waals surface area contributed by atoms with Crippen molar-refractivity contribution >= 4 is 0 Å². The summed E-state index contributed by atoms with van der Waals surface area (Å²) in [6.07, 6.45) is 0. The molecule has 2 nitrogen and oxygen atoms in total. The first kappa shape index (κ1) is 9.92. The van der Waals surface area contributed by atoms with E-state index in [1.54, 1.807) is 19.0 Å². The third-order valence-electron chi connectivity index (χ3n) is 1.59. The average Bonchev–Trinajstić information content (AvgIpc) is 1.98. The molecule has 0 atom stereocenters. The monoisotopic (exact) mass is 187 g/mol. The highest BCUT2D eigenvalue weighted by atomic mass is 19.1. The number of halogens is 2. The SMILES string of the molecule is CN(C)Cc1cc(F)cc(F)c1O. The van der Waals surface area contributed by atoms with Crippen LogP contribution < -0.4 is 0 Å². The lowest BCUT2D eigenvalue weighted by Crippen LogP contribution is -2.11. The topological polar surface area (TPSA) is 23.5 Å². The molecule has 0 fully saturated rings. The van der Waals surface area contributed by atoms with Crippen LogP contribution in [0, 0.1) is 11.6 Å². The summed E-state index contributed by atoms with van der Waals surface area (Å²) in [7, 11) is 3.50. The Morgan fingerprint density at radius 1 is 1.31 bits per heavy atom. The third kappa shape index (κ3) is 2.39. The molecule has 0 aliphatic carbocycles. The maximum absolute atomic E-state index is 12.8. The summed E-state index contributed by atoms with van der Waals surface area (Å²) in [5.74, 6) is -2.07. The Balaban J connectivity index is 3.05. The standard InChI is InChI=1S/C9H11F2NO/c1-12(2)5-6-3-7(10)4-8(11)9(6)13/h3-4,13H,5H2,1-2H3. The fourth-order valence-electron chi connectivity index (χ4n) is 1.08. The summed E-state index contributed by atoms with van der Waals surface area (Å²) >= 11 is 0. The Morgan fingerprint density at radius 3 is 2.46 bits per heavy atom. The van der Waals surface area contributed by atoms with Gasteiger partial charge in [0.2, 0.25) is 0 Å². The Hall–Kier alpha value is -1.16. The molecule has 0 saturated carbocycles. The quantitative estimate of drug-likeness (QED) is 0.762. The lowest BCUT2D eigenvalue weighted by Gasteiger charge is -2.11. The van der Waals surface area contributed by atoms with Crippen molar-refractivity contribution in [3.8, 4) is 5.75 Å². The molecule has 0 amide bonds. The molecule has 0 heterocycles. The lowest BCUT2D eigenvalue weighted by atomic mass is 10.2. The number of nitrogens with zero attached hydrogens (tertiary/aromatic N) is 1. The van der Waals surface area contributed by atoms with E-state index >= 15 is 0 Å². The van der Waals surface area contributed by atoms with E-state index in [0.29, 0.717) is 12.6 Å². The maximum atomic E-state index is 12.8. The summed E-state index contributed by atoms with van der Waals surface area (Å²) in [4.78, 5) is 1.72. The van der Waals surface area contributed by atoms with Gasteiger partial charge in [-0.2, -0.15) is 0 Å². The molecular formula is C9H11F2NO. The molecule has 0 saturated heterocycles. The Labute approximate surface area is 75.4 Å². The van der Waals surface area contributed by atoms with Crippen molar-refractivity contribution in [3.05, 3.63) is 29.3 Å². The third-order valence-corrected chi connectivity index (χ3v) is 1.59. The number of aromatic hydroxyl groups is 1. The fourth-order valence-corrected chi connectivity index (χ4v) is 1.08. The minimum absolute atomic E-state index is 0.252. The molecule has 0 aliphatic heterocycles. The van der Waals surface area contributed by atoms with Crippen LogP contribution in [0.1, 0.15) is 5.56 Å². The van der Waals surface area contributed by atoms with Crippen molar-refractivity contribution in [1.29, 1.82) is 0 Å². The van der Waals surface area contributed by atoms with Crippen LogP contribution in [0.3, 0.4) is 0 Å². The fraction of sp³-hybridized carbons (Fsp3) is 0.333. The number of benzene rings is 1. The number of phenols is 1. The molecule has 4 heteroatoms. The second-order valence-corrected chi connectivity index (χ2v) is 3.13. The summed E-state index contributed by atoms with van der Waals surface area (Å²) in [5, 5.41) is 9.20. The van der Waals surface area contributed by atoms with Gasteiger partial charge in [-0.25, -0.2) is 8.78 Å². The second kappa shape index (κ2) is 3.70. The molecular weight excluding hydrogens is 176 g/mol. The lowest BCUT2D eigenvalue weighted by molar-refractivity contribution is 0.372. The Morgan fingerprint density at radius 2 is 1.92 bits per heavy atom. The summed E-state index contributed by atoms with van der Waals surface area (Å²) in [6.45, 7) is 0.306. The number of hydrogen-bond donors (Lipinski definition) is 1. The van der Waals surface area contributed by atoms with Gasteiger partial charge in [-0.3, -0.25) is 0 Å². The molecule has 1 N–H and O–H groups in total. The van der Waals surface area contributed by atoms with Crippen molar-refractivity contribution in [2.24, 2.45) is 0 Å². The van der Waals surface area contributed by atoms with Gasteiger partial charge in [-0.05, 0) is 20.2 Å². The van der Waals surface area contributed by atoms with E-state index in [2.05, 4.69) is 0 Å². The van der Waals surface area contributed by atoms with Crippen LogP contribution >= 0.6 is 0 Å². The molecule has 72 valence electrons. The van der Waals surface area contributed by atoms with E-state index in [-0.39, 0.29) is 5.56 Å². The van der Waals surface area contributed by atoms with Crippen LogP contribution in [0.2, 0.25) is 0 Å². The van der Waals surface area contributed by atoms with Gasteiger partial charge in [-0.1, -0.05) is 0 Å². The molecule has 0 unspecified atom stereocenters. The van der Waals surface area contributed by atoms with Gasteiger partial charge in [0.15, 0.2) is 11.6 Å². The predicted octanol–water partition coefficient (Wildman–Crippen LogP) is 1.73. The van der Waals surface area contributed by atoms with Crippen LogP contribution in [0.25, 0.3) is 0 Å². The zero-order chi connectivity index (χ0) is 10.0. The zero-order valence-corrected chi connectivity index (χ0v) is 7.51. The maximum Gasteiger partial charge on any atom is 0.168 e. The average molecular weight is 187 g/mol. The van der Waals surface area contributed by atoms with E-state index in [1.165, 1.54) is 0 Å².